The van der Waals surface area contributed by atoms with Gasteiger partial charge in [-0.3, -0.25) is 4.79 Å². The molecule has 0 saturated heterocycles. The Morgan fingerprint density at radius 2 is 2.20 bits per heavy atom. The van der Waals surface area contributed by atoms with Gasteiger partial charge in [0.15, 0.2) is 0 Å². The lowest BCUT2D eigenvalue weighted by Gasteiger charge is -2.02. The van der Waals surface area contributed by atoms with Gasteiger partial charge in [0.2, 0.25) is 5.91 Å². The highest BCUT2D eigenvalue weighted by Gasteiger charge is 2.29. The molecule has 58 valence electrons. The Bertz CT molecular complexity index is 134. The normalized spacial score (nSPS) is 17.5. The van der Waals surface area contributed by atoms with E-state index in [2.05, 4.69) is 5.32 Å². The fourth-order valence-electron chi connectivity index (χ4n) is 0.668. The van der Waals surface area contributed by atoms with E-state index in [0.29, 0.717) is 6.54 Å². The van der Waals surface area contributed by atoms with Gasteiger partial charge in [-0.15, -0.1) is 23.2 Å². The van der Waals surface area contributed by atoms with E-state index >= 15 is 0 Å². The topological polar surface area (TPSA) is 29.1 Å². The fraction of sp³-hybridized carbons (Fsp3) is 0.833. The van der Waals surface area contributed by atoms with Crippen LogP contribution in [0.5, 0.6) is 0 Å². The van der Waals surface area contributed by atoms with Gasteiger partial charge in [0.05, 0.1) is 0 Å². The number of hydrogen-bond donors (Lipinski definition) is 1. The van der Waals surface area contributed by atoms with Gasteiger partial charge < -0.3 is 5.32 Å². The van der Waals surface area contributed by atoms with Crippen molar-refractivity contribution < 1.29 is 4.79 Å². The first kappa shape index (κ1) is 8.15. The van der Waals surface area contributed by atoms with Crippen molar-refractivity contribution in [3.05, 3.63) is 0 Å². The van der Waals surface area contributed by atoms with E-state index in [1.165, 1.54) is 0 Å². The second-order valence-electron chi connectivity index (χ2n) is 2.41. The summed E-state index contributed by atoms with van der Waals surface area (Å²) in [7, 11) is 0. The van der Waals surface area contributed by atoms with Crippen molar-refractivity contribution in [2.75, 3.05) is 6.54 Å². The maximum Gasteiger partial charge on any atom is 0.223 e. The summed E-state index contributed by atoms with van der Waals surface area (Å²) < 4.78 is 0. The predicted molar refractivity (Wildman–Crippen MR) is 41.2 cm³/mol. The summed E-state index contributed by atoms with van der Waals surface area (Å²) in [6, 6.07) is 0. The molecule has 1 fully saturated rings. The molecular weight excluding hydrogens is 173 g/mol. The Kier molecular flexibility index (Phi) is 2.81. The number of hydrogen-bond acceptors (Lipinski definition) is 1. The van der Waals surface area contributed by atoms with Crippen molar-refractivity contribution in [3.63, 3.8) is 0 Å². The summed E-state index contributed by atoms with van der Waals surface area (Å²) in [6.45, 7) is 0.360. The van der Waals surface area contributed by atoms with Gasteiger partial charge in [-0.05, 0) is 12.8 Å². The molecule has 0 heterocycles. The third kappa shape index (κ3) is 2.76. The molecule has 0 unspecified atom stereocenters. The number of nitrogens with one attached hydrogen (secondary N) is 1. The molecule has 0 aromatic heterocycles. The van der Waals surface area contributed by atoms with E-state index in [1.807, 2.05) is 0 Å². The van der Waals surface area contributed by atoms with Crippen LogP contribution in [-0.4, -0.2) is 17.3 Å². The summed E-state index contributed by atoms with van der Waals surface area (Å²) >= 11 is 10.8. The van der Waals surface area contributed by atoms with Crippen LogP contribution in [0.3, 0.4) is 0 Å². The van der Waals surface area contributed by atoms with Crippen LogP contribution in [0.15, 0.2) is 0 Å². The molecule has 1 amide bonds. The lowest BCUT2D eigenvalue weighted by molar-refractivity contribution is -0.122. The van der Waals surface area contributed by atoms with Crippen LogP contribution in [0.25, 0.3) is 0 Å². The van der Waals surface area contributed by atoms with Gasteiger partial charge in [-0.2, -0.15) is 0 Å². The van der Waals surface area contributed by atoms with Crippen LogP contribution in [-0.2, 0) is 4.79 Å². The van der Waals surface area contributed by atoms with E-state index < -0.39 is 4.84 Å². The van der Waals surface area contributed by atoms with E-state index in [9.17, 15) is 4.79 Å². The highest BCUT2D eigenvalue weighted by atomic mass is 35.5. The third-order valence-electron chi connectivity index (χ3n) is 1.38. The summed E-state index contributed by atoms with van der Waals surface area (Å²) in [6.07, 6.45) is 2.03. The van der Waals surface area contributed by atoms with Crippen molar-refractivity contribution >= 4 is 29.1 Å². The Morgan fingerprint density at radius 3 is 2.60 bits per heavy atom. The molecule has 1 aliphatic rings. The van der Waals surface area contributed by atoms with Gasteiger partial charge in [0, 0.05) is 12.5 Å². The summed E-state index contributed by atoms with van der Waals surface area (Å²) in [4.78, 5) is 10.4. The highest BCUT2D eigenvalue weighted by molar-refractivity contribution is 6.44. The maximum absolute atomic E-state index is 10.9. The molecule has 0 spiro atoms. The Hall–Kier alpha value is 0.0500. The van der Waals surface area contributed by atoms with Crippen molar-refractivity contribution in [2.45, 2.75) is 17.7 Å². The average Bonchev–Trinajstić information content (AvgIpc) is 2.63. The molecule has 1 saturated carbocycles. The van der Waals surface area contributed by atoms with Gasteiger partial charge in [-0.25, -0.2) is 0 Å². The van der Waals surface area contributed by atoms with Crippen molar-refractivity contribution in [2.24, 2.45) is 5.92 Å². The molecule has 1 aliphatic carbocycles. The van der Waals surface area contributed by atoms with Gasteiger partial charge in [-0.1, -0.05) is 0 Å². The minimum Gasteiger partial charge on any atom is -0.353 e. The average molecular weight is 182 g/mol. The first-order valence-electron chi connectivity index (χ1n) is 3.26. The highest BCUT2D eigenvalue weighted by Crippen LogP contribution is 2.28. The van der Waals surface area contributed by atoms with Crippen molar-refractivity contribution in [1.82, 2.24) is 5.32 Å². The molecule has 10 heavy (non-hydrogen) atoms. The number of alkyl halides is 2. The van der Waals surface area contributed by atoms with Crippen LogP contribution < -0.4 is 5.32 Å². The standard InChI is InChI=1S/C6H9Cl2NO/c7-5(8)3-9-6(10)4-1-2-4/h4-5H,1-3H2,(H,9,10). The molecule has 0 radical (unpaired) electrons. The quantitative estimate of drug-likeness (QED) is 0.655. The Balaban J connectivity index is 2.06. The molecule has 1 N–H and O–H groups in total. The number of amides is 1. The number of carbonyl (C=O) groups excluding carboxylic acids is 1. The van der Waals surface area contributed by atoms with Gasteiger partial charge >= 0.3 is 0 Å². The third-order valence-corrected chi connectivity index (χ3v) is 1.69. The van der Waals surface area contributed by atoms with Gasteiger partial charge in [0.1, 0.15) is 4.84 Å². The molecule has 2 nitrogen and oxygen atoms in total. The SMILES string of the molecule is O=C(NCC(Cl)Cl)C1CC1. The number of carbonyl (C=O) groups is 1. The summed E-state index contributed by atoms with van der Waals surface area (Å²) in [5.74, 6) is 0.332. The fourth-order valence-corrected chi connectivity index (χ4v) is 0.822. The molecular formula is C6H9Cl2NO. The van der Waals surface area contributed by atoms with Crippen LogP contribution in [0.2, 0.25) is 0 Å². The van der Waals surface area contributed by atoms with Gasteiger partial charge in [0.25, 0.3) is 0 Å². The number of rotatable bonds is 3. The largest absolute Gasteiger partial charge is 0.353 e. The van der Waals surface area contributed by atoms with Crippen molar-refractivity contribution in [1.29, 1.82) is 0 Å². The minimum absolute atomic E-state index is 0.0892. The summed E-state index contributed by atoms with van der Waals surface area (Å²) in [5, 5.41) is 2.64. The molecule has 0 aromatic carbocycles. The van der Waals surface area contributed by atoms with Crippen LogP contribution in [0, 0.1) is 5.92 Å². The monoisotopic (exact) mass is 181 g/mol. The molecule has 0 aliphatic heterocycles. The Labute approximate surface area is 69.9 Å². The first-order chi connectivity index (χ1) is 4.70. The zero-order chi connectivity index (χ0) is 7.56. The van der Waals surface area contributed by atoms with Crippen molar-refractivity contribution in [3.8, 4) is 0 Å². The molecule has 4 heteroatoms. The summed E-state index contributed by atoms with van der Waals surface area (Å²) in [5.41, 5.74) is 0. The van der Waals surface area contributed by atoms with E-state index in [-0.39, 0.29) is 11.8 Å². The zero-order valence-electron chi connectivity index (χ0n) is 5.44. The van der Waals surface area contributed by atoms with Crippen LogP contribution >= 0.6 is 23.2 Å². The first-order valence-corrected chi connectivity index (χ1v) is 4.13. The van der Waals surface area contributed by atoms with E-state index in [1.54, 1.807) is 0 Å². The second-order valence-corrected chi connectivity index (χ2v) is 3.69. The minimum atomic E-state index is -0.484. The lowest BCUT2D eigenvalue weighted by Crippen LogP contribution is -2.28. The zero-order valence-corrected chi connectivity index (χ0v) is 6.95. The molecule has 0 bridgehead atoms. The van der Waals surface area contributed by atoms with E-state index in [4.69, 9.17) is 23.2 Å². The molecule has 0 aromatic rings. The van der Waals surface area contributed by atoms with Crippen LogP contribution in [0.4, 0.5) is 0 Å². The predicted octanol–water partition coefficient (Wildman–Crippen LogP) is 1.32. The molecule has 1 rings (SSSR count). The smallest absolute Gasteiger partial charge is 0.223 e. The van der Waals surface area contributed by atoms with Crippen LogP contribution in [0.1, 0.15) is 12.8 Å². The lowest BCUT2D eigenvalue weighted by atomic mass is 10.4. The molecule has 0 atom stereocenters. The second kappa shape index (κ2) is 3.44. The maximum atomic E-state index is 10.9. The number of halogens is 2. The van der Waals surface area contributed by atoms with E-state index in [0.717, 1.165) is 12.8 Å². The Morgan fingerprint density at radius 1 is 1.60 bits per heavy atom.